The minimum absolute atomic E-state index is 0. The van der Waals surface area contributed by atoms with Crippen LogP contribution in [0.2, 0.25) is 23.6 Å². The van der Waals surface area contributed by atoms with Gasteiger partial charge in [0.2, 0.25) is 50.7 Å². The minimum Gasteiger partial charge on any atom is -0.493 e. The molecule has 0 saturated heterocycles. The van der Waals surface area contributed by atoms with E-state index in [2.05, 4.69) is 227 Å². The normalized spacial score (nSPS) is 10.3. The number of unbranched alkanes of at least 4 members (excludes halogenated alkanes) is 3. The number of rotatable bonds is 21. The van der Waals surface area contributed by atoms with Gasteiger partial charge in [-0.3, -0.25) is 9.36 Å². The summed E-state index contributed by atoms with van der Waals surface area (Å²) in [4.78, 5) is 62.0. The predicted octanol–water partition coefficient (Wildman–Crippen LogP) is 7.63. The summed E-state index contributed by atoms with van der Waals surface area (Å²) < 4.78 is 36.3. The number of nitrogens with one attached hydrogen (secondary N) is 1. The van der Waals surface area contributed by atoms with Crippen LogP contribution in [-0.4, -0.2) is 220 Å². The molecule has 0 radical (unpaired) electrons. The molecular formula is C50H80BrCl5IN34O9PSn. The first-order chi connectivity index (χ1) is 47.9. The van der Waals surface area contributed by atoms with Gasteiger partial charge in [0.25, 0.3) is 11.5 Å². The number of H-pyrrole nitrogens is 1. The molecule has 0 fully saturated rings. The molecule has 4 N–H and O–H groups in total. The number of nitrogens with two attached hydrogens (primary N) is 1. The molecule has 0 unspecified atom stereocenters. The van der Waals surface area contributed by atoms with Crippen molar-refractivity contribution in [1.29, 1.82) is 0 Å². The van der Waals surface area contributed by atoms with Gasteiger partial charge in [-0.25, -0.2) is 34.9 Å². The molecule has 0 saturated carbocycles. The molecule has 0 spiro atoms. The molecule has 0 aromatic carbocycles. The number of nitrogen functional groups attached to an aromatic ring is 1. The van der Waals surface area contributed by atoms with Crippen LogP contribution in [0.4, 0.5) is 5.95 Å². The molecule has 43 nitrogen and oxygen atoms in total. The van der Waals surface area contributed by atoms with Crippen molar-refractivity contribution in [2.75, 3.05) is 40.8 Å². The van der Waals surface area contributed by atoms with Crippen LogP contribution < -0.4 is 34.1 Å². The third-order valence-corrected chi connectivity index (χ3v) is 28.1. The number of methoxy groups -OCH3 is 4. The number of ether oxygens (including phenoxy) is 4. The van der Waals surface area contributed by atoms with Gasteiger partial charge >= 0.3 is 127 Å². The number of aryl methyl sites for hydroxylation is 6. The molecule has 0 amide bonds. The van der Waals surface area contributed by atoms with Crippen LogP contribution in [0.5, 0.6) is 29.4 Å². The Balaban J connectivity index is 0.000000587. The minimum atomic E-state index is -3.22. The summed E-state index contributed by atoms with van der Waals surface area (Å²) in [5.41, 5.74) is 5.36. The number of hydrogen-bond acceptors (Lipinski definition) is 36. The van der Waals surface area contributed by atoms with Gasteiger partial charge in [0.05, 0.1) is 75.6 Å². The van der Waals surface area contributed by atoms with E-state index in [1.54, 1.807) is 40.0 Å². The number of aromatic hydroxyl groups is 1. The fraction of sp³-hybridized carbons (Fsp3) is 0.560. The molecule has 10 heterocycles. The average Bonchev–Trinajstić information content (AvgIpc) is 1.64. The summed E-state index contributed by atoms with van der Waals surface area (Å²) in [6.45, 7) is 11.4. The topological polar surface area (TPSA) is 524 Å². The second-order valence-electron chi connectivity index (χ2n) is 19.9. The van der Waals surface area contributed by atoms with Gasteiger partial charge < -0.3 is 39.6 Å². The van der Waals surface area contributed by atoms with Gasteiger partial charge in [-0.15, -0.1) is 50.8 Å². The Kier molecular flexibility index (Phi) is 45.3. The quantitative estimate of drug-likeness (QED) is 0.0118. The second-order valence-corrected chi connectivity index (χ2v) is 41.9. The number of halogens is 7. The molecule has 0 bridgehead atoms. The zero-order valence-electron chi connectivity index (χ0n) is 57.4. The Hall–Kier alpha value is -7.57. The van der Waals surface area contributed by atoms with Crippen LogP contribution >= 0.6 is 101 Å². The Labute approximate surface area is 635 Å². The third-order valence-electron chi connectivity index (χ3n) is 11.9. The maximum Gasteiger partial charge on any atom is 0.339 e. The molecule has 562 valence electrons. The summed E-state index contributed by atoms with van der Waals surface area (Å²) in [6.07, 6.45) is 13.9. The molecule has 10 rings (SSSR count). The van der Waals surface area contributed by atoms with E-state index in [1.165, 1.54) is 127 Å². The number of hydrogen-bond donors (Lipinski definition) is 3. The van der Waals surface area contributed by atoms with Crippen LogP contribution in [0.3, 0.4) is 0 Å². The largest absolute Gasteiger partial charge is 0.493 e. The van der Waals surface area contributed by atoms with Crippen LogP contribution in [0.15, 0.2) is 39.9 Å². The average molecular weight is 1840 g/mol. The van der Waals surface area contributed by atoms with Crippen molar-refractivity contribution < 1.29 is 33.5 Å². The standard InChI is InChI=1S/C8H10N6O2.C6H7BrN2O2.C6H4Cl2N6.C6H6N6O2.C5H11NO2.3C4H9.C2H3IN4.C2H5N5.C2H3N4.CH4.Cl3OP.Sn/c1-14-12-6(11-13-14)5-7(15-2)9-4-10-8(5)16-3;1-10-5-4(7)6(11-2)9-3-8-5;1-14-12-6(11-13-14)3-4(7)9-2-10-5(3)8;1-12-10-4(9-11-12)3-5(13)7-2-8-6(3)14;1-5(2)3-4-8-6-7;3*1-3-4-2;2*1-7-5-2(3)4-6-7;1-6-4-2-3-5-6;;1-5(2,3)4;/h4H,1-3H3;3H,1-2H3;2H,1H3;2H,1H3,(H2,7,8,13,14);5H,3-4H2,1-2H3;3*1,3-4H2,2H3;1H3;1H3,(H2,3,5);1H3;1H4;;. The van der Waals surface area contributed by atoms with Crippen molar-refractivity contribution in [3.8, 4) is 63.6 Å². The Morgan fingerprint density at radius 2 is 0.980 bits per heavy atom. The van der Waals surface area contributed by atoms with E-state index in [9.17, 15) is 19.4 Å². The maximum absolute atomic E-state index is 11.3. The van der Waals surface area contributed by atoms with Crippen molar-refractivity contribution >= 4 is 129 Å². The zero-order valence-corrected chi connectivity index (χ0v) is 68.6. The molecular weight excluding hydrogens is 1750 g/mol. The van der Waals surface area contributed by atoms with Gasteiger partial charge in [-0.2, -0.15) is 24.0 Å². The van der Waals surface area contributed by atoms with Crippen LogP contribution in [0.25, 0.3) is 34.2 Å². The molecule has 0 aliphatic heterocycles. The van der Waals surface area contributed by atoms with Gasteiger partial charge in [0.1, 0.15) is 51.5 Å². The number of tetrazole rings is 6. The first-order valence-electron chi connectivity index (χ1n) is 29.4. The fourth-order valence-corrected chi connectivity index (χ4v) is 23.4. The van der Waals surface area contributed by atoms with E-state index in [1.807, 2.05) is 29.6 Å². The smallest absolute Gasteiger partial charge is 0.339 e. The maximum atomic E-state index is 11.3. The Bertz CT molecular complexity index is 3930. The summed E-state index contributed by atoms with van der Waals surface area (Å²) >= 11 is 28.3. The SMILES string of the molecule is C.CC(C)CCON=O.CCC[CH2][Sn]([CH2]CCC)([CH2]CCC)[c]1nnn(C)n1.COc1ncnc(OC)c1-c1nnn(C)n1.COc1ncnc(OC)c1Br.Cn1nnc(-c2c(Cl)ncnc2Cl)n1.Cn1nnc(-c2c(O)nc[nH]c2=O)n1.Cn1nnc(I)n1.Cn1nnc(N)n1.O=P(Cl)(Cl)Cl. The van der Waals surface area contributed by atoms with Crippen molar-refractivity contribution in [3.63, 3.8) is 0 Å². The van der Waals surface area contributed by atoms with Crippen molar-refractivity contribution in [2.45, 2.75) is 100 Å². The summed E-state index contributed by atoms with van der Waals surface area (Å²) in [6, 6.07) is 0. The number of nitrogens with zero attached hydrogens (tertiary/aromatic N) is 32. The first-order valence-corrected chi connectivity index (χ1v) is 43.9. The molecule has 52 heteroatoms. The Morgan fingerprint density at radius 1 is 0.598 bits per heavy atom. The number of aromatic amines is 1. The fourth-order valence-electron chi connectivity index (χ4n) is 7.39. The monoisotopic (exact) mass is 1830 g/mol. The van der Waals surface area contributed by atoms with E-state index >= 15 is 0 Å². The van der Waals surface area contributed by atoms with E-state index in [0.29, 0.717) is 67.1 Å². The third kappa shape index (κ3) is 35.1. The zero-order chi connectivity index (χ0) is 75.7. The molecule has 0 aliphatic rings. The van der Waals surface area contributed by atoms with Gasteiger partial charge in [-0.05, 0) is 88.1 Å². The molecule has 10 aromatic heterocycles. The van der Waals surface area contributed by atoms with Crippen molar-refractivity contribution in [3.05, 3.63) is 59.2 Å². The van der Waals surface area contributed by atoms with Crippen LogP contribution in [0, 0.1) is 14.7 Å². The van der Waals surface area contributed by atoms with Crippen LogP contribution in [0.1, 0.15) is 87.0 Å². The molecule has 0 atom stereocenters. The van der Waals surface area contributed by atoms with Gasteiger partial charge in [-0.1, -0.05) is 49.6 Å². The number of aromatic nitrogens is 32. The van der Waals surface area contributed by atoms with E-state index in [-0.39, 0.29) is 35.1 Å². The van der Waals surface area contributed by atoms with Crippen LogP contribution in [-0.2, 0) is 51.7 Å². The first kappa shape index (κ1) is 92.4. The summed E-state index contributed by atoms with van der Waals surface area (Å²) in [5, 5.41) is 77.3. The van der Waals surface area contributed by atoms with Crippen molar-refractivity contribution in [1.82, 2.24) is 161 Å². The predicted molar refractivity (Wildman–Crippen MR) is 391 cm³/mol. The number of anilines is 1. The molecule has 10 aromatic rings. The van der Waals surface area contributed by atoms with Gasteiger partial charge in [0.15, 0.2) is 5.34 Å². The molecule has 102 heavy (non-hydrogen) atoms. The van der Waals surface area contributed by atoms with E-state index in [0.717, 1.165) is 12.7 Å². The summed E-state index contributed by atoms with van der Waals surface area (Å²) in [5.74, 6) is 2.72. The summed E-state index contributed by atoms with van der Waals surface area (Å²) in [7, 11) is 16.2. The van der Waals surface area contributed by atoms with E-state index < -0.39 is 35.0 Å². The second kappa shape index (κ2) is 49.9. The molecule has 0 aliphatic carbocycles. The van der Waals surface area contributed by atoms with Gasteiger partial charge in [0, 0.05) is 22.6 Å². The Morgan fingerprint density at radius 3 is 1.29 bits per heavy atom. The van der Waals surface area contributed by atoms with E-state index in [4.69, 9.17) is 47.9 Å². The van der Waals surface area contributed by atoms with Crippen molar-refractivity contribution in [2.24, 2.45) is 53.5 Å².